The molecule has 0 saturated carbocycles. The number of aliphatic hydroxyl groups is 1. The highest BCUT2D eigenvalue weighted by Crippen LogP contribution is 2.27. The third kappa shape index (κ3) is 2.27. The molecule has 0 aromatic carbocycles. The summed E-state index contributed by atoms with van der Waals surface area (Å²) in [7, 11) is 0. The van der Waals surface area contributed by atoms with Gasteiger partial charge < -0.3 is 9.52 Å². The average molecular weight is 223 g/mol. The van der Waals surface area contributed by atoms with Crippen molar-refractivity contribution in [1.82, 2.24) is 4.98 Å². The predicted molar refractivity (Wildman–Crippen MR) is 59.0 cm³/mol. The highest BCUT2D eigenvalue weighted by Gasteiger charge is 2.15. The van der Waals surface area contributed by atoms with Crippen LogP contribution in [-0.2, 0) is 6.42 Å². The van der Waals surface area contributed by atoms with E-state index < -0.39 is 6.10 Å². The Morgan fingerprint density at radius 3 is 2.87 bits per heavy atom. The van der Waals surface area contributed by atoms with Gasteiger partial charge in [0.15, 0.2) is 0 Å². The molecule has 2 heterocycles. The van der Waals surface area contributed by atoms with Gasteiger partial charge in [-0.3, -0.25) is 0 Å². The molecule has 3 nitrogen and oxygen atoms in total. The minimum Gasteiger partial charge on any atom is -0.472 e. The molecule has 0 aliphatic rings. The quantitative estimate of drug-likeness (QED) is 0.870. The molecule has 1 unspecified atom stereocenters. The van der Waals surface area contributed by atoms with Gasteiger partial charge in [0.05, 0.1) is 34.2 Å². The first-order valence-electron chi connectivity index (χ1n) is 4.80. The van der Waals surface area contributed by atoms with Gasteiger partial charge in [-0.25, -0.2) is 4.98 Å². The second kappa shape index (κ2) is 4.16. The van der Waals surface area contributed by atoms with Crippen LogP contribution < -0.4 is 0 Å². The van der Waals surface area contributed by atoms with Crippen LogP contribution in [0.2, 0.25) is 0 Å². The number of aryl methyl sites for hydroxylation is 2. The van der Waals surface area contributed by atoms with Gasteiger partial charge >= 0.3 is 0 Å². The second-order valence-electron chi connectivity index (χ2n) is 3.53. The van der Waals surface area contributed by atoms with Crippen LogP contribution in [-0.4, -0.2) is 10.1 Å². The van der Waals surface area contributed by atoms with Crippen molar-refractivity contribution in [2.24, 2.45) is 0 Å². The lowest BCUT2D eigenvalue weighted by molar-refractivity contribution is 0.181. The van der Waals surface area contributed by atoms with E-state index in [4.69, 9.17) is 4.42 Å². The van der Waals surface area contributed by atoms with Crippen molar-refractivity contribution in [2.45, 2.75) is 26.4 Å². The molecule has 0 fully saturated rings. The molecular formula is C11H13NO2S. The average Bonchev–Trinajstić information content (AvgIpc) is 2.75. The zero-order valence-corrected chi connectivity index (χ0v) is 9.54. The van der Waals surface area contributed by atoms with Crippen LogP contribution in [0.4, 0.5) is 0 Å². The smallest absolute Gasteiger partial charge is 0.0942 e. The van der Waals surface area contributed by atoms with Gasteiger partial charge in [0.2, 0.25) is 0 Å². The summed E-state index contributed by atoms with van der Waals surface area (Å²) in [6, 6.07) is 1.87. The van der Waals surface area contributed by atoms with Gasteiger partial charge in [0, 0.05) is 6.42 Å². The lowest BCUT2D eigenvalue weighted by atomic mass is 10.1. The molecule has 1 atom stereocenters. The fourth-order valence-electron chi connectivity index (χ4n) is 1.58. The van der Waals surface area contributed by atoms with Crippen molar-refractivity contribution in [1.29, 1.82) is 0 Å². The molecule has 15 heavy (non-hydrogen) atoms. The molecule has 80 valence electrons. The van der Waals surface area contributed by atoms with Crippen LogP contribution in [0.15, 0.2) is 23.0 Å². The Morgan fingerprint density at radius 2 is 2.33 bits per heavy atom. The summed E-state index contributed by atoms with van der Waals surface area (Å²) in [6.45, 7) is 3.88. The van der Waals surface area contributed by atoms with Crippen LogP contribution in [0, 0.1) is 13.8 Å². The Kier molecular flexibility index (Phi) is 2.88. The molecule has 2 aromatic rings. The van der Waals surface area contributed by atoms with Crippen LogP contribution in [0.25, 0.3) is 0 Å². The monoisotopic (exact) mass is 223 g/mol. The molecule has 1 N–H and O–H groups in total. The van der Waals surface area contributed by atoms with Gasteiger partial charge in [0.25, 0.3) is 0 Å². The zero-order valence-electron chi connectivity index (χ0n) is 8.73. The Hall–Kier alpha value is -1.13. The Bertz CT molecular complexity index is 433. The topological polar surface area (TPSA) is 46.3 Å². The summed E-state index contributed by atoms with van der Waals surface area (Å²) in [4.78, 5) is 5.25. The van der Waals surface area contributed by atoms with E-state index in [9.17, 15) is 5.11 Å². The first kappa shape index (κ1) is 10.4. The van der Waals surface area contributed by atoms with Crippen LogP contribution in [0.3, 0.4) is 0 Å². The first-order valence-corrected chi connectivity index (χ1v) is 5.61. The molecule has 0 bridgehead atoms. The van der Waals surface area contributed by atoms with Gasteiger partial charge in [-0.2, -0.15) is 0 Å². The van der Waals surface area contributed by atoms with E-state index in [0.717, 1.165) is 21.1 Å². The number of rotatable bonds is 3. The molecule has 0 amide bonds. The number of nitrogens with zero attached hydrogens (tertiary/aromatic N) is 1. The van der Waals surface area contributed by atoms with Gasteiger partial charge in [-0.05, 0) is 25.5 Å². The van der Waals surface area contributed by atoms with Crippen molar-refractivity contribution in [2.75, 3.05) is 0 Å². The van der Waals surface area contributed by atoms with E-state index in [1.807, 2.05) is 19.9 Å². The lowest BCUT2D eigenvalue weighted by Crippen LogP contribution is -2.00. The van der Waals surface area contributed by atoms with Gasteiger partial charge in [-0.15, -0.1) is 11.3 Å². The van der Waals surface area contributed by atoms with Crippen LogP contribution in [0.1, 0.15) is 27.2 Å². The number of aliphatic hydroxyl groups excluding tert-OH is 1. The first-order chi connectivity index (χ1) is 7.16. The van der Waals surface area contributed by atoms with E-state index >= 15 is 0 Å². The van der Waals surface area contributed by atoms with Crippen molar-refractivity contribution in [3.8, 4) is 0 Å². The van der Waals surface area contributed by atoms with Crippen LogP contribution in [0.5, 0.6) is 0 Å². The molecule has 4 heteroatoms. The highest BCUT2D eigenvalue weighted by molar-refractivity contribution is 7.11. The van der Waals surface area contributed by atoms with Crippen molar-refractivity contribution < 1.29 is 9.52 Å². The Labute approximate surface area is 92.4 Å². The van der Waals surface area contributed by atoms with Crippen molar-refractivity contribution in [3.05, 3.63) is 39.7 Å². The van der Waals surface area contributed by atoms with Crippen LogP contribution >= 0.6 is 11.3 Å². The maximum atomic E-state index is 10.0. The minimum absolute atomic E-state index is 0.478. The van der Waals surface area contributed by atoms with Gasteiger partial charge in [0.1, 0.15) is 0 Å². The summed E-state index contributed by atoms with van der Waals surface area (Å²) in [5.41, 5.74) is 1.93. The SMILES string of the molecule is Cc1nc(C)c(C(O)Cc2ccoc2)s1. The van der Waals surface area contributed by atoms with E-state index in [-0.39, 0.29) is 0 Å². The van der Waals surface area contributed by atoms with E-state index in [2.05, 4.69) is 4.98 Å². The standard InChI is InChI=1S/C11H13NO2S/c1-7-11(15-8(2)12-7)10(13)5-9-3-4-14-6-9/h3-4,6,10,13H,5H2,1-2H3. The number of furan rings is 1. The zero-order chi connectivity index (χ0) is 10.8. The minimum atomic E-state index is -0.478. The van der Waals surface area contributed by atoms with Gasteiger partial charge in [-0.1, -0.05) is 0 Å². The van der Waals surface area contributed by atoms with Crippen molar-refractivity contribution >= 4 is 11.3 Å². The highest BCUT2D eigenvalue weighted by atomic mass is 32.1. The number of aromatic nitrogens is 1. The number of hydrogen-bond donors (Lipinski definition) is 1. The lowest BCUT2D eigenvalue weighted by Gasteiger charge is -2.06. The summed E-state index contributed by atoms with van der Waals surface area (Å²) in [5, 5.41) is 11.0. The maximum absolute atomic E-state index is 10.0. The second-order valence-corrected chi connectivity index (χ2v) is 4.77. The maximum Gasteiger partial charge on any atom is 0.0942 e. The predicted octanol–water partition coefficient (Wildman–Crippen LogP) is 2.63. The fourth-order valence-corrected chi connectivity index (χ4v) is 2.49. The fraction of sp³-hybridized carbons (Fsp3) is 0.364. The summed E-state index contributed by atoms with van der Waals surface area (Å²) < 4.78 is 4.96. The Morgan fingerprint density at radius 1 is 1.53 bits per heavy atom. The summed E-state index contributed by atoms with van der Waals surface area (Å²) in [6.07, 6.45) is 3.38. The van der Waals surface area contributed by atoms with E-state index in [1.54, 1.807) is 23.9 Å². The van der Waals surface area contributed by atoms with E-state index in [1.165, 1.54) is 0 Å². The molecule has 0 aliphatic carbocycles. The molecule has 0 aliphatic heterocycles. The molecule has 2 aromatic heterocycles. The molecule has 0 spiro atoms. The molecule has 2 rings (SSSR count). The summed E-state index contributed by atoms with van der Waals surface area (Å²) in [5.74, 6) is 0. The number of thiazole rings is 1. The summed E-state index contributed by atoms with van der Waals surface area (Å²) >= 11 is 1.55. The Balaban J connectivity index is 2.14. The third-order valence-electron chi connectivity index (χ3n) is 2.25. The molecule has 0 radical (unpaired) electrons. The largest absolute Gasteiger partial charge is 0.472 e. The third-order valence-corrected chi connectivity index (χ3v) is 3.43. The van der Waals surface area contributed by atoms with E-state index in [0.29, 0.717) is 6.42 Å². The number of hydrogen-bond acceptors (Lipinski definition) is 4. The molecular weight excluding hydrogens is 210 g/mol. The molecule has 0 saturated heterocycles. The normalized spacial score (nSPS) is 13.0. The van der Waals surface area contributed by atoms with Crippen molar-refractivity contribution in [3.63, 3.8) is 0 Å².